The number of ether oxygens (including phenoxy) is 1. The lowest BCUT2D eigenvalue weighted by atomic mass is 9.93. The van der Waals surface area contributed by atoms with Crippen LogP contribution in [0.3, 0.4) is 0 Å². The molecule has 2 atom stereocenters. The van der Waals surface area contributed by atoms with Gasteiger partial charge in [-0.05, 0) is 26.9 Å². The highest BCUT2D eigenvalue weighted by Gasteiger charge is 2.26. The van der Waals surface area contributed by atoms with E-state index in [1.165, 1.54) is 12.8 Å². The minimum atomic E-state index is 0.0417. The zero-order valence-corrected chi connectivity index (χ0v) is 18.0. The first-order valence-electron chi connectivity index (χ1n) is 10.3. The van der Waals surface area contributed by atoms with E-state index in [4.69, 9.17) is 9.73 Å². The summed E-state index contributed by atoms with van der Waals surface area (Å²) in [5.41, 5.74) is 1.13. The van der Waals surface area contributed by atoms with Gasteiger partial charge in [0.15, 0.2) is 5.96 Å². The molecule has 7 heteroatoms. The summed E-state index contributed by atoms with van der Waals surface area (Å²) in [5.74, 6) is 1.66. The van der Waals surface area contributed by atoms with E-state index in [2.05, 4.69) is 55.1 Å². The summed E-state index contributed by atoms with van der Waals surface area (Å²) >= 11 is 0. The van der Waals surface area contributed by atoms with Gasteiger partial charge >= 0.3 is 0 Å². The number of morpholine rings is 1. The molecule has 0 saturated carbocycles. The van der Waals surface area contributed by atoms with Crippen molar-refractivity contribution in [2.24, 2.45) is 18.0 Å². The summed E-state index contributed by atoms with van der Waals surface area (Å²) in [7, 11) is 6.27. The van der Waals surface area contributed by atoms with E-state index in [0.717, 1.165) is 37.7 Å². The number of hydrogen-bond donors (Lipinski definition) is 1. The molecule has 154 valence electrons. The van der Waals surface area contributed by atoms with Crippen molar-refractivity contribution in [1.29, 1.82) is 0 Å². The van der Waals surface area contributed by atoms with Crippen molar-refractivity contribution in [3.63, 3.8) is 0 Å². The third kappa shape index (κ3) is 5.94. The SMILES string of the molecule is CCNC(=NCC(C(CC)CC)N(C)C)N1CCOC(c2cnn(C)c2)C1. The van der Waals surface area contributed by atoms with Gasteiger partial charge in [0, 0.05) is 37.9 Å². The summed E-state index contributed by atoms with van der Waals surface area (Å²) < 4.78 is 7.81. The average Bonchev–Trinajstić information content (AvgIpc) is 3.10. The van der Waals surface area contributed by atoms with Crippen LogP contribution in [0.5, 0.6) is 0 Å². The molecule has 1 saturated heterocycles. The fourth-order valence-corrected chi connectivity index (χ4v) is 3.82. The zero-order valence-electron chi connectivity index (χ0n) is 18.0. The normalized spacial score (nSPS) is 19.8. The monoisotopic (exact) mass is 378 g/mol. The van der Waals surface area contributed by atoms with Gasteiger partial charge in [-0.15, -0.1) is 0 Å². The van der Waals surface area contributed by atoms with Gasteiger partial charge in [-0.1, -0.05) is 26.7 Å². The molecule has 27 heavy (non-hydrogen) atoms. The Morgan fingerprint density at radius 3 is 2.67 bits per heavy atom. The second-order valence-electron chi connectivity index (χ2n) is 7.55. The number of hydrogen-bond acceptors (Lipinski definition) is 4. The van der Waals surface area contributed by atoms with Crippen LogP contribution in [0.2, 0.25) is 0 Å². The number of aryl methyl sites for hydroxylation is 1. The quantitative estimate of drug-likeness (QED) is 0.555. The highest BCUT2D eigenvalue weighted by Crippen LogP contribution is 2.22. The molecule has 0 bridgehead atoms. The van der Waals surface area contributed by atoms with Gasteiger partial charge in [-0.3, -0.25) is 9.67 Å². The Balaban J connectivity index is 2.10. The molecule has 2 rings (SSSR count). The third-order valence-corrected chi connectivity index (χ3v) is 5.48. The lowest BCUT2D eigenvalue weighted by molar-refractivity contribution is -0.00809. The summed E-state index contributed by atoms with van der Waals surface area (Å²) in [6.45, 7) is 10.7. The zero-order chi connectivity index (χ0) is 19.8. The Labute approximate surface area is 164 Å². The van der Waals surface area contributed by atoms with E-state index < -0.39 is 0 Å². The molecule has 1 fully saturated rings. The van der Waals surface area contributed by atoms with Gasteiger partial charge in [-0.2, -0.15) is 5.10 Å². The van der Waals surface area contributed by atoms with Crippen LogP contribution >= 0.6 is 0 Å². The number of guanidine groups is 1. The van der Waals surface area contributed by atoms with Crippen molar-refractivity contribution >= 4 is 5.96 Å². The molecule has 2 unspecified atom stereocenters. The number of nitrogens with zero attached hydrogens (tertiary/aromatic N) is 5. The fourth-order valence-electron chi connectivity index (χ4n) is 3.82. The van der Waals surface area contributed by atoms with Crippen molar-refractivity contribution in [2.45, 2.75) is 45.8 Å². The molecule has 0 aromatic carbocycles. The topological polar surface area (TPSA) is 57.9 Å². The number of aromatic nitrogens is 2. The maximum atomic E-state index is 5.99. The van der Waals surface area contributed by atoms with Crippen molar-refractivity contribution in [3.05, 3.63) is 18.0 Å². The standard InChI is InChI=1S/C20H38N6O/c1-7-16(8-2)18(24(4)5)13-22-20(21-9-3)26-10-11-27-19(15-26)17-12-23-25(6)14-17/h12,14,16,18-19H,7-11,13,15H2,1-6H3,(H,21,22). The van der Waals surface area contributed by atoms with Gasteiger partial charge in [0.1, 0.15) is 6.10 Å². The van der Waals surface area contributed by atoms with E-state index in [0.29, 0.717) is 18.6 Å². The molecular weight excluding hydrogens is 340 g/mol. The maximum Gasteiger partial charge on any atom is 0.194 e. The molecule has 1 aromatic heterocycles. The second-order valence-corrected chi connectivity index (χ2v) is 7.55. The molecule has 0 amide bonds. The Morgan fingerprint density at radius 1 is 1.37 bits per heavy atom. The first kappa shape index (κ1) is 21.7. The Kier molecular flexibility index (Phi) is 8.57. The molecule has 0 spiro atoms. The molecule has 7 nitrogen and oxygen atoms in total. The van der Waals surface area contributed by atoms with Crippen LogP contribution in [0, 0.1) is 5.92 Å². The first-order chi connectivity index (χ1) is 13.0. The molecule has 1 aliphatic rings. The Morgan fingerprint density at radius 2 is 2.11 bits per heavy atom. The van der Waals surface area contributed by atoms with Gasteiger partial charge in [0.2, 0.25) is 0 Å². The minimum Gasteiger partial charge on any atom is -0.370 e. The number of likely N-dealkylation sites (N-methyl/N-ethyl adjacent to an activating group) is 1. The summed E-state index contributed by atoms with van der Waals surface area (Å²) in [6.07, 6.45) is 6.35. The minimum absolute atomic E-state index is 0.0417. The Bertz CT molecular complexity index is 581. The average molecular weight is 379 g/mol. The van der Waals surface area contributed by atoms with Gasteiger partial charge in [-0.25, -0.2) is 0 Å². The van der Waals surface area contributed by atoms with Crippen molar-refractivity contribution in [2.75, 3.05) is 46.9 Å². The third-order valence-electron chi connectivity index (χ3n) is 5.48. The van der Waals surface area contributed by atoms with Gasteiger partial charge in [0.05, 0.1) is 25.9 Å². The lowest BCUT2D eigenvalue weighted by Gasteiger charge is -2.35. The largest absolute Gasteiger partial charge is 0.370 e. The fraction of sp³-hybridized carbons (Fsp3) is 0.800. The molecule has 1 aliphatic heterocycles. The number of rotatable bonds is 8. The molecule has 0 aliphatic carbocycles. The van der Waals surface area contributed by atoms with Crippen LogP contribution in [-0.2, 0) is 11.8 Å². The van der Waals surface area contributed by atoms with E-state index in [9.17, 15) is 0 Å². The van der Waals surface area contributed by atoms with Crippen LogP contribution in [0.25, 0.3) is 0 Å². The molecule has 2 heterocycles. The molecule has 1 aromatic rings. The van der Waals surface area contributed by atoms with Gasteiger partial charge < -0.3 is 19.9 Å². The summed E-state index contributed by atoms with van der Waals surface area (Å²) in [5, 5.41) is 7.76. The van der Waals surface area contributed by atoms with E-state index in [1.54, 1.807) is 0 Å². The van der Waals surface area contributed by atoms with Crippen LogP contribution in [-0.4, -0.2) is 78.5 Å². The smallest absolute Gasteiger partial charge is 0.194 e. The van der Waals surface area contributed by atoms with Crippen molar-refractivity contribution in [3.8, 4) is 0 Å². The van der Waals surface area contributed by atoms with Crippen LogP contribution < -0.4 is 5.32 Å². The maximum absolute atomic E-state index is 5.99. The lowest BCUT2D eigenvalue weighted by Crippen LogP contribution is -2.49. The molecule has 0 radical (unpaired) electrons. The second kappa shape index (κ2) is 10.7. The number of nitrogens with one attached hydrogen (secondary N) is 1. The van der Waals surface area contributed by atoms with E-state index in [-0.39, 0.29) is 6.10 Å². The van der Waals surface area contributed by atoms with Crippen LogP contribution in [0.15, 0.2) is 17.4 Å². The van der Waals surface area contributed by atoms with Crippen molar-refractivity contribution in [1.82, 2.24) is 24.9 Å². The van der Waals surface area contributed by atoms with Crippen molar-refractivity contribution < 1.29 is 4.74 Å². The highest BCUT2D eigenvalue weighted by molar-refractivity contribution is 5.80. The predicted octanol–water partition coefficient (Wildman–Crippen LogP) is 2.13. The molecular formula is C20H38N6O. The summed E-state index contributed by atoms with van der Waals surface area (Å²) in [4.78, 5) is 9.67. The van der Waals surface area contributed by atoms with E-state index in [1.807, 2.05) is 24.1 Å². The summed E-state index contributed by atoms with van der Waals surface area (Å²) in [6, 6.07) is 0.462. The predicted molar refractivity (Wildman–Crippen MR) is 111 cm³/mol. The first-order valence-corrected chi connectivity index (χ1v) is 10.3. The van der Waals surface area contributed by atoms with Crippen LogP contribution in [0.4, 0.5) is 0 Å². The van der Waals surface area contributed by atoms with Gasteiger partial charge in [0.25, 0.3) is 0 Å². The molecule has 1 N–H and O–H groups in total. The van der Waals surface area contributed by atoms with E-state index >= 15 is 0 Å². The number of aliphatic imine (C=N–C) groups is 1. The highest BCUT2D eigenvalue weighted by atomic mass is 16.5. The Hall–Kier alpha value is -1.60. The van der Waals surface area contributed by atoms with Crippen LogP contribution in [0.1, 0.15) is 45.3 Å².